The standard InChI is InChI=1S/C24H16F2N2O4S/c1-32-17-4-6-19-15(8-9-27-22(19)12-17)13-28-24(29)20-10-14(2-7-23(20)33(28,30)31)18-5-3-16(25)11-21(18)26/h2-12H,13H2,1H3. The third-order valence-electron chi connectivity index (χ3n) is 5.60. The van der Waals surface area contributed by atoms with Crippen LogP contribution in [0.3, 0.4) is 0 Å². The van der Waals surface area contributed by atoms with E-state index in [-0.39, 0.29) is 28.1 Å². The van der Waals surface area contributed by atoms with E-state index >= 15 is 0 Å². The summed E-state index contributed by atoms with van der Waals surface area (Å²) in [6.45, 7) is -0.193. The molecule has 0 aliphatic carbocycles. The maximum Gasteiger partial charge on any atom is 0.269 e. The molecular weight excluding hydrogens is 450 g/mol. The molecule has 0 N–H and O–H groups in total. The first-order valence-electron chi connectivity index (χ1n) is 9.88. The average Bonchev–Trinajstić information content (AvgIpc) is 2.99. The number of aromatic nitrogens is 1. The van der Waals surface area contributed by atoms with E-state index in [9.17, 15) is 22.0 Å². The van der Waals surface area contributed by atoms with Gasteiger partial charge >= 0.3 is 0 Å². The lowest BCUT2D eigenvalue weighted by Crippen LogP contribution is -2.29. The van der Waals surface area contributed by atoms with Crippen LogP contribution in [0.5, 0.6) is 5.75 Å². The summed E-state index contributed by atoms with van der Waals surface area (Å²) in [5, 5.41) is 0.686. The summed E-state index contributed by atoms with van der Waals surface area (Å²) in [4.78, 5) is 17.3. The van der Waals surface area contributed by atoms with Crippen molar-refractivity contribution in [3.8, 4) is 16.9 Å². The van der Waals surface area contributed by atoms with E-state index in [2.05, 4.69) is 4.98 Å². The summed E-state index contributed by atoms with van der Waals surface area (Å²) in [7, 11) is -2.57. The van der Waals surface area contributed by atoms with E-state index in [0.717, 1.165) is 16.4 Å². The molecule has 3 aromatic carbocycles. The van der Waals surface area contributed by atoms with Gasteiger partial charge in [0.1, 0.15) is 22.3 Å². The number of fused-ring (bicyclic) bond motifs is 2. The fourth-order valence-electron chi connectivity index (χ4n) is 3.94. The van der Waals surface area contributed by atoms with E-state index < -0.39 is 27.6 Å². The molecule has 1 amide bonds. The number of carbonyl (C=O) groups is 1. The lowest BCUT2D eigenvalue weighted by atomic mass is 10.0. The minimum Gasteiger partial charge on any atom is -0.497 e. The topological polar surface area (TPSA) is 76.6 Å². The Kier molecular flexibility index (Phi) is 4.86. The maximum absolute atomic E-state index is 14.2. The van der Waals surface area contributed by atoms with Crippen LogP contribution in [0.15, 0.2) is 71.8 Å². The normalized spacial score (nSPS) is 14.5. The van der Waals surface area contributed by atoms with Gasteiger partial charge in [0.25, 0.3) is 15.9 Å². The number of rotatable bonds is 4. The van der Waals surface area contributed by atoms with Gasteiger partial charge in [0.05, 0.1) is 24.7 Å². The zero-order valence-electron chi connectivity index (χ0n) is 17.2. The van der Waals surface area contributed by atoms with E-state index in [1.165, 1.54) is 37.6 Å². The van der Waals surface area contributed by atoms with Crippen molar-refractivity contribution >= 4 is 26.8 Å². The van der Waals surface area contributed by atoms with Crippen LogP contribution in [0.25, 0.3) is 22.0 Å². The van der Waals surface area contributed by atoms with E-state index in [4.69, 9.17) is 4.74 Å². The zero-order valence-corrected chi connectivity index (χ0v) is 18.1. The third-order valence-corrected chi connectivity index (χ3v) is 7.39. The summed E-state index contributed by atoms with van der Waals surface area (Å²) in [6, 6.07) is 13.9. The molecule has 166 valence electrons. The molecule has 0 saturated carbocycles. The van der Waals surface area contributed by atoms with Crippen LogP contribution in [0.4, 0.5) is 8.78 Å². The Balaban J connectivity index is 1.55. The van der Waals surface area contributed by atoms with Crippen molar-refractivity contribution in [2.75, 3.05) is 7.11 Å². The molecular formula is C24H16F2N2O4S. The van der Waals surface area contributed by atoms with Crippen LogP contribution in [-0.4, -0.2) is 30.7 Å². The van der Waals surface area contributed by atoms with Gasteiger partial charge in [0.15, 0.2) is 0 Å². The van der Waals surface area contributed by atoms with Gasteiger partial charge in [0.2, 0.25) is 0 Å². The van der Waals surface area contributed by atoms with Crippen molar-refractivity contribution in [2.45, 2.75) is 11.4 Å². The molecule has 0 fully saturated rings. The number of ether oxygens (including phenoxy) is 1. The van der Waals surface area contributed by atoms with E-state index in [1.807, 2.05) is 0 Å². The quantitative estimate of drug-likeness (QED) is 0.442. The van der Waals surface area contributed by atoms with E-state index in [0.29, 0.717) is 22.2 Å². The molecule has 2 heterocycles. The largest absolute Gasteiger partial charge is 0.497 e. The van der Waals surface area contributed by atoms with Crippen molar-refractivity contribution in [1.82, 2.24) is 9.29 Å². The van der Waals surface area contributed by atoms with Crippen LogP contribution >= 0.6 is 0 Å². The molecule has 0 unspecified atom stereocenters. The lowest BCUT2D eigenvalue weighted by Gasteiger charge is -2.16. The van der Waals surface area contributed by atoms with Crippen molar-refractivity contribution in [3.63, 3.8) is 0 Å². The first kappa shape index (κ1) is 21.0. The fraction of sp³-hybridized carbons (Fsp3) is 0.0833. The van der Waals surface area contributed by atoms with Gasteiger partial charge in [0, 0.05) is 29.3 Å². The molecule has 1 aliphatic heterocycles. The highest BCUT2D eigenvalue weighted by Crippen LogP contribution is 2.36. The minimum absolute atomic E-state index is 0.0590. The molecule has 0 saturated heterocycles. The predicted molar refractivity (Wildman–Crippen MR) is 117 cm³/mol. The number of methoxy groups -OCH3 is 1. The SMILES string of the molecule is COc1ccc2c(CN3C(=O)c4cc(-c5ccc(F)cc5F)ccc4S3(=O)=O)ccnc2c1. The second-order valence-electron chi connectivity index (χ2n) is 7.51. The van der Waals surface area contributed by atoms with Crippen LogP contribution in [0.1, 0.15) is 15.9 Å². The van der Waals surface area contributed by atoms with Gasteiger partial charge in [-0.3, -0.25) is 9.78 Å². The van der Waals surface area contributed by atoms with Crippen LogP contribution in [0.2, 0.25) is 0 Å². The summed E-state index contributed by atoms with van der Waals surface area (Å²) in [5.41, 5.74) is 1.48. The number of hydrogen-bond acceptors (Lipinski definition) is 5. The highest BCUT2D eigenvalue weighted by atomic mass is 32.2. The molecule has 0 radical (unpaired) electrons. The summed E-state index contributed by atoms with van der Waals surface area (Å²) in [5.74, 6) is -1.65. The first-order chi connectivity index (χ1) is 15.8. The van der Waals surface area contributed by atoms with E-state index in [1.54, 1.807) is 24.3 Å². The van der Waals surface area contributed by atoms with Gasteiger partial charge in [-0.05, 0) is 53.6 Å². The Bertz CT molecular complexity index is 1550. The Morgan fingerprint density at radius 3 is 2.55 bits per heavy atom. The second kappa shape index (κ2) is 7.63. The number of sulfonamides is 1. The first-order valence-corrected chi connectivity index (χ1v) is 11.3. The van der Waals surface area contributed by atoms with Crippen LogP contribution < -0.4 is 4.74 Å². The Hall–Kier alpha value is -3.85. The summed E-state index contributed by atoms with van der Waals surface area (Å²) >= 11 is 0. The second-order valence-corrected chi connectivity index (χ2v) is 9.34. The van der Waals surface area contributed by atoms with Crippen molar-refractivity contribution in [3.05, 3.63) is 89.6 Å². The molecule has 9 heteroatoms. The molecule has 33 heavy (non-hydrogen) atoms. The summed E-state index contributed by atoms with van der Waals surface area (Å²) < 4.78 is 59.8. The number of hydrogen-bond donors (Lipinski definition) is 0. The fourth-order valence-corrected chi connectivity index (χ4v) is 5.47. The van der Waals surface area contributed by atoms with Gasteiger partial charge in [-0.1, -0.05) is 6.07 Å². The Labute approximate surface area is 188 Å². The van der Waals surface area contributed by atoms with Gasteiger partial charge in [-0.25, -0.2) is 21.5 Å². The zero-order chi connectivity index (χ0) is 23.3. The van der Waals surface area contributed by atoms with Gasteiger partial charge in [-0.15, -0.1) is 0 Å². The lowest BCUT2D eigenvalue weighted by molar-refractivity contribution is 0.0865. The highest BCUT2D eigenvalue weighted by molar-refractivity contribution is 7.90. The van der Waals surface area contributed by atoms with Gasteiger partial charge in [-0.2, -0.15) is 0 Å². The van der Waals surface area contributed by atoms with Crippen molar-refractivity contribution in [2.24, 2.45) is 0 Å². The van der Waals surface area contributed by atoms with Crippen molar-refractivity contribution in [1.29, 1.82) is 0 Å². The molecule has 0 spiro atoms. The number of nitrogens with zero attached hydrogens (tertiary/aromatic N) is 2. The number of carbonyl (C=O) groups excluding carboxylic acids is 1. The average molecular weight is 466 g/mol. The molecule has 0 bridgehead atoms. The van der Waals surface area contributed by atoms with Crippen LogP contribution in [0, 0.1) is 11.6 Å². The molecule has 0 atom stereocenters. The highest BCUT2D eigenvalue weighted by Gasteiger charge is 2.41. The smallest absolute Gasteiger partial charge is 0.269 e. The number of amides is 1. The molecule has 4 aromatic rings. The molecule has 5 rings (SSSR count). The number of halogens is 2. The Morgan fingerprint density at radius 2 is 1.79 bits per heavy atom. The van der Waals surface area contributed by atoms with Gasteiger partial charge < -0.3 is 4.74 Å². The van der Waals surface area contributed by atoms with Crippen molar-refractivity contribution < 1.29 is 26.7 Å². The monoisotopic (exact) mass is 466 g/mol. The number of benzene rings is 3. The molecule has 1 aliphatic rings. The third kappa shape index (κ3) is 3.41. The molecule has 1 aromatic heterocycles. The predicted octanol–water partition coefficient (Wildman–Crippen LogP) is 4.53. The van der Waals surface area contributed by atoms with Crippen LogP contribution in [-0.2, 0) is 16.6 Å². The molecule has 6 nitrogen and oxygen atoms in total. The Morgan fingerprint density at radius 1 is 0.970 bits per heavy atom. The minimum atomic E-state index is -4.11. The number of pyridine rings is 1. The maximum atomic E-state index is 14.2. The summed E-state index contributed by atoms with van der Waals surface area (Å²) in [6.07, 6.45) is 1.53.